The van der Waals surface area contributed by atoms with E-state index in [4.69, 9.17) is 15.6 Å². The number of nitrogens with two attached hydrogens (primary N) is 1. The number of esters is 1. The maximum atomic E-state index is 11.3. The first kappa shape index (κ1) is 14.2. The van der Waals surface area contributed by atoms with E-state index in [-0.39, 0.29) is 0 Å². The molecule has 0 aliphatic heterocycles. The van der Waals surface area contributed by atoms with Gasteiger partial charge >= 0.3 is 18.0 Å². The smallest absolute Gasteiger partial charge is 0.326 e. The van der Waals surface area contributed by atoms with Crippen LogP contribution in [-0.2, 0) is 14.3 Å². The standard InChI is InChI=1S/C9H16N2O5/c1-9(2,3)16-6(12)4-5(7(13)14)11-8(10)15/h5H,4H2,1-3H3,(H,13,14)(H3,10,11,15)/t5-/m0/s1. The molecule has 2 amide bonds. The summed E-state index contributed by atoms with van der Waals surface area (Å²) in [7, 11) is 0. The van der Waals surface area contributed by atoms with Crippen LogP contribution in [0.15, 0.2) is 0 Å². The molecule has 0 unspecified atom stereocenters. The average molecular weight is 232 g/mol. The zero-order valence-electron chi connectivity index (χ0n) is 9.44. The molecule has 0 fully saturated rings. The van der Waals surface area contributed by atoms with Crippen LogP contribution in [0.1, 0.15) is 27.2 Å². The zero-order valence-corrected chi connectivity index (χ0v) is 9.44. The second kappa shape index (κ2) is 5.34. The summed E-state index contributed by atoms with van der Waals surface area (Å²) in [6.45, 7) is 4.96. The van der Waals surface area contributed by atoms with Crippen molar-refractivity contribution in [2.75, 3.05) is 0 Å². The van der Waals surface area contributed by atoms with E-state index in [1.165, 1.54) is 0 Å². The second-order valence-corrected chi connectivity index (χ2v) is 4.19. The Morgan fingerprint density at radius 2 is 1.88 bits per heavy atom. The van der Waals surface area contributed by atoms with Crippen LogP contribution < -0.4 is 11.1 Å². The molecule has 0 saturated heterocycles. The summed E-state index contributed by atoms with van der Waals surface area (Å²) in [4.78, 5) is 32.4. The molecule has 0 bridgehead atoms. The first-order valence-corrected chi connectivity index (χ1v) is 4.62. The molecule has 0 aromatic carbocycles. The fourth-order valence-electron chi connectivity index (χ4n) is 0.922. The lowest BCUT2D eigenvalue weighted by Gasteiger charge is -2.21. The zero-order chi connectivity index (χ0) is 12.9. The minimum absolute atomic E-state index is 0.463. The van der Waals surface area contributed by atoms with Crippen LogP contribution in [0.25, 0.3) is 0 Å². The van der Waals surface area contributed by atoms with E-state index in [1.807, 2.05) is 5.32 Å². The summed E-state index contributed by atoms with van der Waals surface area (Å²) in [5.74, 6) is -2.06. The van der Waals surface area contributed by atoms with Gasteiger partial charge in [0, 0.05) is 0 Å². The SMILES string of the molecule is CC(C)(C)OC(=O)C[C@H](NC(N)=O)C(=O)O. The van der Waals surface area contributed by atoms with Crippen molar-refractivity contribution in [2.45, 2.75) is 38.8 Å². The lowest BCUT2D eigenvalue weighted by Crippen LogP contribution is -2.45. The van der Waals surface area contributed by atoms with Gasteiger partial charge in [-0.05, 0) is 20.8 Å². The lowest BCUT2D eigenvalue weighted by atomic mass is 10.1. The molecular weight excluding hydrogens is 216 g/mol. The Kier molecular flexibility index (Phi) is 4.74. The third-order valence-electron chi connectivity index (χ3n) is 1.41. The molecule has 0 aromatic rings. The number of hydrogen-bond acceptors (Lipinski definition) is 4. The highest BCUT2D eigenvalue weighted by Gasteiger charge is 2.25. The molecule has 0 heterocycles. The molecule has 7 heteroatoms. The van der Waals surface area contributed by atoms with Crippen LogP contribution in [0, 0.1) is 0 Å². The van der Waals surface area contributed by atoms with Crippen LogP contribution in [-0.4, -0.2) is 34.7 Å². The molecule has 0 saturated carbocycles. The molecule has 4 N–H and O–H groups in total. The molecule has 16 heavy (non-hydrogen) atoms. The second-order valence-electron chi connectivity index (χ2n) is 4.19. The number of ether oxygens (including phenoxy) is 1. The van der Waals surface area contributed by atoms with E-state index < -0.39 is 36.0 Å². The Balaban J connectivity index is 4.35. The lowest BCUT2D eigenvalue weighted by molar-refractivity contribution is -0.158. The van der Waals surface area contributed by atoms with Gasteiger partial charge in [0.2, 0.25) is 0 Å². The van der Waals surface area contributed by atoms with Crippen LogP contribution in [0.2, 0.25) is 0 Å². The Morgan fingerprint density at radius 1 is 1.38 bits per heavy atom. The van der Waals surface area contributed by atoms with Crippen molar-refractivity contribution < 1.29 is 24.2 Å². The summed E-state index contributed by atoms with van der Waals surface area (Å²) in [6, 6.07) is -2.37. The highest BCUT2D eigenvalue weighted by molar-refractivity contribution is 5.86. The van der Waals surface area contributed by atoms with E-state index in [2.05, 4.69) is 0 Å². The predicted octanol–water partition coefficient (Wildman–Crippen LogP) is -0.160. The van der Waals surface area contributed by atoms with Crippen LogP contribution in [0.4, 0.5) is 4.79 Å². The number of carboxylic acids is 1. The van der Waals surface area contributed by atoms with Gasteiger partial charge in [-0.1, -0.05) is 0 Å². The number of amides is 2. The number of carboxylic acid groups (broad SMARTS) is 1. The molecule has 7 nitrogen and oxygen atoms in total. The maximum absolute atomic E-state index is 11.3. The monoisotopic (exact) mass is 232 g/mol. The summed E-state index contributed by atoms with van der Waals surface area (Å²) >= 11 is 0. The third-order valence-corrected chi connectivity index (χ3v) is 1.41. The predicted molar refractivity (Wildman–Crippen MR) is 54.6 cm³/mol. The molecule has 0 spiro atoms. The summed E-state index contributed by atoms with van der Waals surface area (Å²) in [5.41, 5.74) is 4.07. The van der Waals surface area contributed by atoms with Gasteiger partial charge in [-0.25, -0.2) is 9.59 Å². The number of carbonyl (C=O) groups excluding carboxylic acids is 2. The molecule has 0 aliphatic carbocycles. The van der Waals surface area contributed by atoms with Gasteiger partial charge in [0.15, 0.2) is 0 Å². The number of rotatable bonds is 4. The van der Waals surface area contributed by atoms with Crippen molar-refractivity contribution in [3.63, 3.8) is 0 Å². The van der Waals surface area contributed by atoms with E-state index in [1.54, 1.807) is 20.8 Å². The average Bonchev–Trinajstić information content (AvgIpc) is 1.97. The Hall–Kier alpha value is -1.79. The number of hydrogen-bond donors (Lipinski definition) is 3. The van der Waals surface area contributed by atoms with Gasteiger partial charge in [-0.3, -0.25) is 4.79 Å². The molecule has 92 valence electrons. The van der Waals surface area contributed by atoms with Gasteiger partial charge in [-0.15, -0.1) is 0 Å². The number of urea groups is 1. The largest absolute Gasteiger partial charge is 0.480 e. The fourth-order valence-corrected chi connectivity index (χ4v) is 0.922. The van der Waals surface area contributed by atoms with E-state index >= 15 is 0 Å². The van der Waals surface area contributed by atoms with E-state index in [0.717, 1.165) is 0 Å². The fraction of sp³-hybridized carbons (Fsp3) is 0.667. The topological polar surface area (TPSA) is 119 Å². The van der Waals surface area contributed by atoms with Gasteiger partial charge < -0.3 is 20.9 Å². The third kappa shape index (κ3) is 6.63. The first-order chi connectivity index (χ1) is 7.11. The van der Waals surface area contributed by atoms with E-state index in [0.29, 0.717) is 0 Å². The van der Waals surface area contributed by atoms with Gasteiger partial charge in [0.05, 0.1) is 6.42 Å². The molecule has 0 aromatic heterocycles. The Bertz CT molecular complexity index is 295. The first-order valence-electron chi connectivity index (χ1n) is 4.62. The van der Waals surface area contributed by atoms with Crippen LogP contribution in [0.5, 0.6) is 0 Å². The number of primary amides is 1. The van der Waals surface area contributed by atoms with Crippen LogP contribution in [0.3, 0.4) is 0 Å². The molecule has 0 rings (SSSR count). The van der Waals surface area contributed by atoms with Gasteiger partial charge in [0.1, 0.15) is 11.6 Å². The van der Waals surface area contributed by atoms with Crippen molar-refractivity contribution in [2.24, 2.45) is 5.73 Å². The number of nitrogens with one attached hydrogen (secondary N) is 1. The Labute approximate surface area is 92.9 Å². The van der Waals surface area contributed by atoms with Crippen molar-refractivity contribution in [3.8, 4) is 0 Å². The van der Waals surface area contributed by atoms with Gasteiger partial charge in [-0.2, -0.15) is 0 Å². The van der Waals surface area contributed by atoms with Gasteiger partial charge in [0.25, 0.3) is 0 Å². The summed E-state index contributed by atoms with van der Waals surface area (Å²) in [6.07, 6.45) is -0.463. The molecule has 0 radical (unpaired) electrons. The van der Waals surface area contributed by atoms with Crippen molar-refractivity contribution in [1.82, 2.24) is 5.32 Å². The Morgan fingerprint density at radius 3 is 2.19 bits per heavy atom. The van der Waals surface area contributed by atoms with E-state index in [9.17, 15) is 14.4 Å². The highest BCUT2D eigenvalue weighted by atomic mass is 16.6. The van der Waals surface area contributed by atoms with Crippen LogP contribution >= 0.6 is 0 Å². The normalized spacial score (nSPS) is 12.7. The molecular formula is C9H16N2O5. The maximum Gasteiger partial charge on any atom is 0.326 e. The minimum atomic E-state index is -1.37. The van der Waals surface area contributed by atoms with Crippen molar-refractivity contribution >= 4 is 18.0 Å². The van der Waals surface area contributed by atoms with Crippen molar-refractivity contribution in [1.29, 1.82) is 0 Å². The summed E-state index contributed by atoms with van der Waals surface area (Å²) in [5, 5.41) is 10.6. The quantitative estimate of drug-likeness (QED) is 0.582. The molecule has 1 atom stereocenters. The minimum Gasteiger partial charge on any atom is -0.480 e. The summed E-state index contributed by atoms with van der Waals surface area (Å²) < 4.78 is 4.91. The molecule has 0 aliphatic rings. The van der Waals surface area contributed by atoms with Crippen molar-refractivity contribution in [3.05, 3.63) is 0 Å². The highest BCUT2D eigenvalue weighted by Crippen LogP contribution is 2.09. The number of aliphatic carboxylic acids is 1. The number of carbonyl (C=O) groups is 3.